The molecule has 1 atom stereocenters. The summed E-state index contributed by atoms with van der Waals surface area (Å²) in [4.78, 5) is 16.0. The molecular weight excluding hydrogens is 359 g/mol. The summed E-state index contributed by atoms with van der Waals surface area (Å²) in [5.41, 5.74) is 13.3. The molecule has 1 unspecified atom stereocenters. The van der Waals surface area contributed by atoms with Crippen molar-refractivity contribution in [1.82, 2.24) is 4.98 Å². The van der Waals surface area contributed by atoms with E-state index >= 15 is 0 Å². The molecule has 0 radical (unpaired) electrons. The largest absolute Gasteiger partial charge is 0.494 e. The summed E-state index contributed by atoms with van der Waals surface area (Å²) < 4.78 is 19.3. The van der Waals surface area contributed by atoms with Crippen LogP contribution in [0.4, 0.5) is 10.1 Å². The Hall–Kier alpha value is -3.19. The summed E-state index contributed by atoms with van der Waals surface area (Å²) in [5.74, 6) is -0.854. The Kier molecular flexibility index (Phi) is 5.20. The standard InChI is InChI=1S/C21H23FN4O2/c1-21(2,24)19(12-7-8-17(28-3)15(22)11-12)26-16-9-10-25-18-13(16)5-4-6-14(18)20(23)27/h4-11,19H,24H2,1-3H3,(H2,23,27)(H,25,26). The molecule has 3 rings (SSSR count). The first kappa shape index (κ1) is 19.6. The van der Waals surface area contributed by atoms with Gasteiger partial charge in [0.2, 0.25) is 0 Å². The minimum Gasteiger partial charge on any atom is -0.494 e. The molecule has 0 saturated heterocycles. The van der Waals surface area contributed by atoms with Crippen molar-refractivity contribution in [1.29, 1.82) is 0 Å². The number of carbonyl (C=O) groups excluding carboxylic acids is 1. The van der Waals surface area contributed by atoms with E-state index in [0.717, 1.165) is 5.39 Å². The zero-order valence-corrected chi connectivity index (χ0v) is 16.0. The molecular formula is C21H23FN4O2. The van der Waals surface area contributed by atoms with Crippen LogP contribution >= 0.6 is 0 Å². The normalized spacial score (nSPS) is 12.6. The van der Waals surface area contributed by atoms with Crippen molar-refractivity contribution < 1.29 is 13.9 Å². The van der Waals surface area contributed by atoms with Crippen LogP contribution in [0.5, 0.6) is 5.75 Å². The predicted molar refractivity (Wildman–Crippen MR) is 108 cm³/mol. The van der Waals surface area contributed by atoms with E-state index in [4.69, 9.17) is 16.2 Å². The van der Waals surface area contributed by atoms with E-state index in [1.54, 1.807) is 36.5 Å². The van der Waals surface area contributed by atoms with E-state index in [9.17, 15) is 9.18 Å². The number of nitrogens with one attached hydrogen (secondary N) is 1. The highest BCUT2D eigenvalue weighted by molar-refractivity contribution is 6.07. The van der Waals surface area contributed by atoms with Gasteiger partial charge in [-0.05, 0) is 43.7 Å². The number of hydrogen-bond donors (Lipinski definition) is 3. The summed E-state index contributed by atoms with van der Waals surface area (Å²) in [6.07, 6.45) is 1.59. The van der Waals surface area contributed by atoms with Crippen LogP contribution in [0.1, 0.15) is 35.8 Å². The Balaban J connectivity index is 2.09. The second kappa shape index (κ2) is 7.44. The molecule has 3 aromatic rings. The number of primary amides is 1. The molecule has 146 valence electrons. The molecule has 28 heavy (non-hydrogen) atoms. The molecule has 5 N–H and O–H groups in total. The van der Waals surface area contributed by atoms with Crippen LogP contribution in [0.15, 0.2) is 48.7 Å². The molecule has 0 fully saturated rings. The number of benzene rings is 2. The van der Waals surface area contributed by atoms with E-state index in [1.807, 2.05) is 19.9 Å². The third-order valence-corrected chi connectivity index (χ3v) is 4.59. The van der Waals surface area contributed by atoms with Crippen LogP contribution in [-0.4, -0.2) is 23.5 Å². The monoisotopic (exact) mass is 382 g/mol. The second-order valence-corrected chi connectivity index (χ2v) is 7.22. The number of ether oxygens (including phenoxy) is 1. The minimum atomic E-state index is -0.724. The Morgan fingerprint density at radius 3 is 2.61 bits per heavy atom. The van der Waals surface area contributed by atoms with Crippen molar-refractivity contribution >= 4 is 22.5 Å². The van der Waals surface area contributed by atoms with E-state index in [2.05, 4.69) is 10.3 Å². The van der Waals surface area contributed by atoms with Gasteiger partial charge in [0.1, 0.15) is 0 Å². The SMILES string of the molecule is COc1ccc(C(Nc2ccnc3c(C(N)=O)cccc23)C(C)(C)N)cc1F. The number of aromatic nitrogens is 1. The van der Waals surface area contributed by atoms with E-state index < -0.39 is 23.3 Å². The highest BCUT2D eigenvalue weighted by Gasteiger charge is 2.28. The van der Waals surface area contributed by atoms with Gasteiger partial charge < -0.3 is 21.5 Å². The van der Waals surface area contributed by atoms with Crippen molar-refractivity contribution in [2.24, 2.45) is 11.5 Å². The number of fused-ring (bicyclic) bond motifs is 1. The van der Waals surface area contributed by atoms with E-state index in [-0.39, 0.29) is 5.75 Å². The third-order valence-electron chi connectivity index (χ3n) is 4.59. The van der Waals surface area contributed by atoms with Crippen LogP contribution in [0.3, 0.4) is 0 Å². The van der Waals surface area contributed by atoms with Crippen molar-refractivity contribution in [3.63, 3.8) is 0 Å². The topological polar surface area (TPSA) is 103 Å². The van der Waals surface area contributed by atoms with Crippen LogP contribution in [0, 0.1) is 5.82 Å². The molecule has 0 bridgehead atoms. The second-order valence-electron chi connectivity index (χ2n) is 7.22. The molecule has 6 nitrogen and oxygen atoms in total. The fourth-order valence-electron chi connectivity index (χ4n) is 3.22. The number of nitrogens with two attached hydrogens (primary N) is 2. The molecule has 0 aliphatic heterocycles. The first-order valence-corrected chi connectivity index (χ1v) is 8.78. The maximum atomic E-state index is 14.3. The van der Waals surface area contributed by atoms with Crippen LogP contribution < -0.4 is 21.5 Å². The first-order valence-electron chi connectivity index (χ1n) is 8.78. The number of nitrogens with zero attached hydrogens (tertiary/aromatic N) is 1. The lowest BCUT2D eigenvalue weighted by Gasteiger charge is -2.33. The number of anilines is 1. The quantitative estimate of drug-likeness (QED) is 0.606. The predicted octanol–water partition coefficient (Wildman–Crippen LogP) is 3.37. The number of halogens is 1. The van der Waals surface area contributed by atoms with Crippen molar-refractivity contribution in [3.8, 4) is 5.75 Å². The maximum Gasteiger partial charge on any atom is 0.250 e. The number of amides is 1. The number of methoxy groups -OCH3 is 1. The smallest absolute Gasteiger partial charge is 0.250 e. The summed E-state index contributed by atoms with van der Waals surface area (Å²) >= 11 is 0. The molecule has 0 aliphatic carbocycles. The van der Waals surface area contributed by atoms with Crippen molar-refractivity contribution in [2.45, 2.75) is 25.4 Å². The molecule has 7 heteroatoms. The summed E-state index contributed by atoms with van der Waals surface area (Å²) in [6, 6.07) is 11.3. The Bertz CT molecular complexity index is 1030. The molecule has 1 aromatic heterocycles. The number of carbonyl (C=O) groups is 1. The number of para-hydroxylation sites is 1. The highest BCUT2D eigenvalue weighted by atomic mass is 19.1. The Labute approximate surface area is 162 Å². The van der Waals surface area contributed by atoms with Gasteiger partial charge in [-0.15, -0.1) is 0 Å². The molecule has 0 aliphatic rings. The zero-order chi connectivity index (χ0) is 20.5. The molecule has 0 spiro atoms. The number of rotatable bonds is 6. The van der Waals surface area contributed by atoms with Gasteiger partial charge in [-0.3, -0.25) is 9.78 Å². The van der Waals surface area contributed by atoms with Gasteiger partial charge in [0.05, 0.1) is 24.2 Å². The molecule has 1 heterocycles. The van der Waals surface area contributed by atoms with E-state index in [1.165, 1.54) is 13.2 Å². The average molecular weight is 382 g/mol. The summed E-state index contributed by atoms with van der Waals surface area (Å²) in [6.45, 7) is 3.70. The fourth-order valence-corrected chi connectivity index (χ4v) is 3.22. The third kappa shape index (κ3) is 3.75. The Morgan fingerprint density at radius 2 is 2.00 bits per heavy atom. The van der Waals surface area contributed by atoms with Gasteiger partial charge in [0.15, 0.2) is 11.6 Å². The van der Waals surface area contributed by atoms with Gasteiger partial charge in [0.25, 0.3) is 5.91 Å². The minimum absolute atomic E-state index is 0.165. The maximum absolute atomic E-state index is 14.3. The molecule has 0 saturated carbocycles. The highest BCUT2D eigenvalue weighted by Crippen LogP contribution is 2.33. The van der Waals surface area contributed by atoms with Crippen molar-refractivity contribution in [3.05, 3.63) is 65.6 Å². The molecule has 1 amide bonds. The summed E-state index contributed by atoms with van der Waals surface area (Å²) in [7, 11) is 1.42. The lowest BCUT2D eigenvalue weighted by molar-refractivity contribution is 0.100. The first-order chi connectivity index (χ1) is 13.2. The lowest BCUT2D eigenvalue weighted by atomic mass is 9.89. The van der Waals surface area contributed by atoms with Crippen LogP contribution in [0.2, 0.25) is 0 Å². The zero-order valence-electron chi connectivity index (χ0n) is 16.0. The fraction of sp³-hybridized carbons (Fsp3) is 0.238. The van der Waals surface area contributed by atoms with Gasteiger partial charge in [-0.25, -0.2) is 4.39 Å². The van der Waals surface area contributed by atoms with Gasteiger partial charge >= 0.3 is 0 Å². The average Bonchev–Trinajstić information content (AvgIpc) is 2.64. The number of pyridine rings is 1. The van der Waals surface area contributed by atoms with Gasteiger partial charge in [-0.2, -0.15) is 0 Å². The Morgan fingerprint density at radius 1 is 1.25 bits per heavy atom. The van der Waals surface area contributed by atoms with Crippen LogP contribution in [0.25, 0.3) is 10.9 Å². The van der Waals surface area contributed by atoms with Crippen molar-refractivity contribution in [2.75, 3.05) is 12.4 Å². The van der Waals surface area contributed by atoms with Crippen LogP contribution in [-0.2, 0) is 0 Å². The molecule has 2 aromatic carbocycles. The lowest BCUT2D eigenvalue weighted by Crippen LogP contribution is -2.43. The van der Waals surface area contributed by atoms with Gasteiger partial charge in [0, 0.05) is 22.8 Å². The van der Waals surface area contributed by atoms with E-state index in [0.29, 0.717) is 22.3 Å². The summed E-state index contributed by atoms with van der Waals surface area (Å²) in [5, 5.41) is 4.11. The van der Waals surface area contributed by atoms with Gasteiger partial charge in [-0.1, -0.05) is 18.2 Å². The number of hydrogen-bond acceptors (Lipinski definition) is 5.